The molecule has 1 amide bonds. The van der Waals surface area contributed by atoms with Gasteiger partial charge in [-0.05, 0) is 61.4 Å². The van der Waals surface area contributed by atoms with Crippen LogP contribution in [0.25, 0.3) is 11.0 Å². The quantitative estimate of drug-likeness (QED) is 0.455. The van der Waals surface area contributed by atoms with Crippen molar-refractivity contribution in [1.29, 1.82) is 0 Å². The summed E-state index contributed by atoms with van der Waals surface area (Å²) < 4.78 is 8.21. The molecule has 0 unspecified atom stereocenters. The van der Waals surface area contributed by atoms with Crippen LogP contribution in [-0.2, 0) is 13.0 Å². The van der Waals surface area contributed by atoms with E-state index in [4.69, 9.17) is 9.72 Å². The molecule has 1 N–H and O–H groups in total. The number of nitrogens with one attached hydrogen (secondary N) is 1. The van der Waals surface area contributed by atoms with Crippen LogP contribution in [0.15, 0.2) is 72.8 Å². The zero-order valence-corrected chi connectivity index (χ0v) is 18.0. The molecular weight excluding hydrogens is 386 g/mol. The minimum Gasteiger partial charge on any atom is -0.492 e. The lowest BCUT2D eigenvalue weighted by Crippen LogP contribution is -2.26. The highest BCUT2D eigenvalue weighted by molar-refractivity contribution is 5.94. The molecule has 0 spiro atoms. The van der Waals surface area contributed by atoms with Gasteiger partial charge in [0.15, 0.2) is 0 Å². The first-order valence-corrected chi connectivity index (χ1v) is 10.6. The molecule has 5 heteroatoms. The summed E-state index contributed by atoms with van der Waals surface area (Å²) in [4.78, 5) is 17.1. The summed E-state index contributed by atoms with van der Waals surface area (Å²) in [6, 6.07) is 23.6. The molecule has 0 saturated carbocycles. The van der Waals surface area contributed by atoms with Crippen LogP contribution in [0.4, 0.5) is 0 Å². The fraction of sp³-hybridized carbons (Fsp3) is 0.231. The molecule has 1 heterocycles. The highest BCUT2D eigenvalue weighted by Gasteiger charge is 2.11. The van der Waals surface area contributed by atoms with E-state index in [1.54, 1.807) is 0 Å². The molecule has 0 fully saturated rings. The lowest BCUT2D eigenvalue weighted by atomic mass is 10.1. The van der Waals surface area contributed by atoms with Gasteiger partial charge in [-0.2, -0.15) is 0 Å². The van der Waals surface area contributed by atoms with Gasteiger partial charge in [0, 0.05) is 18.5 Å². The number of hydrogen-bond donors (Lipinski definition) is 1. The number of aromatic nitrogens is 2. The Morgan fingerprint density at radius 1 is 0.968 bits per heavy atom. The van der Waals surface area contributed by atoms with Crippen LogP contribution in [0.3, 0.4) is 0 Å². The zero-order valence-electron chi connectivity index (χ0n) is 18.0. The monoisotopic (exact) mass is 413 g/mol. The topological polar surface area (TPSA) is 56.1 Å². The molecule has 158 valence electrons. The van der Waals surface area contributed by atoms with Crippen molar-refractivity contribution in [2.24, 2.45) is 0 Å². The largest absolute Gasteiger partial charge is 0.492 e. The minimum absolute atomic E-state index is 0.0681. The van der Waals surface area contributed by atoms with Crippen molar-refractivity contribution in [1.82, 2.24) is 14.9 Å². The second-order valence-corrected chi connectivity index (χ2v) is 7.71. The second kappa shape index (κ2) is 9.47. The molecule has 5 nitrogen and oxygen atoms in total. The van der Waals surface area contributed by atoms with Crippen LogP contribution < -0.4 is 10.1 Å². The third-order valence-corrected chi connectivity index (χ3v) is 5.18. The lowest BCUT2D eigenvalue weighted by molar-refractivity contribution is 0.0954. The first-order chi connectivity index (χ1) is 15.1. The average Bonchev–Trinajstić information content (AvgIpc) is 3.11. The van der Waals surface area contributed by atoms with Gasteiger partial charge in [-0.15, -0.1) is 0 Å². The number of carbonyl (C=O) groups excluding carboxylic acids is 1. The highest BCUT2D eigenvalue weighted by Crippen LogP contribution is 2.19. The number of carbonyl (C=O) groups is 1. The first-order valence-electron chi connectivity index (χ1n) is 10.6. The van der Waals surface area contributed by atoms with E-state index in [-0.39, 0.29) is 5.91 Å². The number of fused-ring (bicyclic) bond motifs is 1. The third kappa shape index (κ3) is 5.12. The van der Waals surface area contributed by atoms with E-state index in [0.717, 1.165) is 22.6 Å². The Bertz CT molecular complexity index is 1160. The molecule has 4 rings (SSSR count). The second-order valence-electron chi connectivity index (χ2n) is 7.71. The van der Waals surface area contributed by atoms with E-state index in [1.807, 2.05) is 48.5 Å². The zero-order chi connectivity index (χ0) is 21.6. The highest BCUT2D eigenvalue weighted by atomic mass is 16.5. The molecule has 1 aromatic heterocycles. The fourth-order valence-corrected chi connectivity index (χ4v) is 3.82. The number of ether oxygens (including phenoxy) is 1. The smallest absolute Gasteiger partial charge is 0.251 e. The maximum Gasteiger partial charge on any atom is 0.251 e. The summed E-state index contributed by atoms with van der Waals surface area (Å²) in [7, 11) is 0. The van der Waals surface area contributed by atoms with Crippen LogP contribution >= 0.6 is 0 Å². The summed E-state index contributed by atoms with van der Waals surface area (Å²) in [5, 5.41) is 2.99. The summed E-state index contributed by atoms with van der Waals surface area (Å²) in [5.41, 5.74) is 5.09. The Hall–Kier alpha value is -3.60. The number of benzene rings is 3. The molecule has 0 aliphatic rings. The van der Waals surface area contributed by atoms with E-state index in [1.165, 1.54) is 11.1 Å². The number of hydrogen-bond acceptors (Lipinski definition) is 3. The van der Waals surface area contributed by atoms with Gasteiger partial charge in [0.2, 0.25) is 0 Å². The first kappa shape index (κ1) is 20.7. The van der Waals surface area contributed by atoms with Crippen molar-refractivity contribution in [3.05, 3.63) is 95.3 Å². The predicted molar refractivity (Wildman–Crippen MR) is 124 cm³/mol. The number of imidazole rings is 1. The molecule has 0 aliphatic carbocycles. The third-order valence-electron chi connectivity index (χ3n) is 5.18. The summed E-state index contributed by atoms with van der Waals surface area (Å²) in [6.07, 6.45) is 0.650. The molecule has 3 aromatic carbocycles. The summed E-state index contributed by atoms with van der Waals surface area (Å²) >= 11 is 0. The van der Waals surface area contributed by atoms with Crippen LogP contribution in [0.1, 0.15) is 27.3 Å². The number of aryl methyl sites for hydroxylation is 2. The van der Waals surface area contributed by atoms with E-state index in [0.29, 0.717) is 31.7 Å². The van der Waals surface area contributed by atoms with Crippen LogP contribution in [0, 0.1) is 13.8 Å². The number of para-hydroxylation sites is 2. The SMILES string of the molecule is Cc1cc(C)cc(OCCn2c(CCNC(=O)c3ccccc3)nc3ccccc32)c1. The summed E-state index contributed by atoms with van der Waals surface area (Å²) in [6.45, 7) is 5.91. The van der Waals surface area contributed by atoms with Gasteiger partial charge in [0.1, 0.15) is 18.2 Å². The Labute approximate surface area is 182 Å². The van der Waals surface area contributed by atoms with E-state index in [9.17, 15) is 4.79 Å². The molecule has 0 aliphatic heterocycles. The van der Waals surface area contributed by atoms with Gasteiger partial charge in [0.25, 0.3) is 5.91 Å². The maximum absolute atomic E-state index is 12.3. The van der Waals surface area contributed by atoms with Gasteiger partial charge in [-0.3, -0.25) is 4.79 Å². The molecule has 0 atom stereocenters. The van der Waals surface area contributed by atoms with Gasteiger partial charge in [0.05, 0.1) is 17.6 Å². The van der Waals surface area contributed by atoms with Crippen molar-refractivity contribution in [3.8, 4) is 5.75 Å². The van der Waals surface area contributed by atoms with Crippen LogP contribution in [0.2, 0.25) is 0 Å². The standard InChI is InChI=1S/C26H27N3O2/c1-19-16-20(2)18-22(17-19)31-15-14-29-24-11-7-6-10-23(24)28-25(29)12-13-27-26(30)21-8-4-3-5-9-21/h3-11,16-18H,12-15H2,1-2H3,(H,27,30). The number of amides is 1. The molecule has 0 bridgehead atoms. The van der Waals surface area contributed by atoms with Crippen molar-refractivity contribution >= 4 is 16.9 Å². The van der Waals surface area contributed by atoms with Crippen molar-refractivity contribution in [2.45, 2.75) is 26.8 Å². The Balaban J connectivity index is 1.43. The van der Waals surface area contributed by atoms with E-state index >= 15 is 0 Å². The summed E-state index contributed by atoms with van der Waals surface area (Å²) in [5.74, 6) is 1.76. The fourth-order valence-electron chi connectivity index (χ4n) is 3.82. The Morgan fingerprint density at radius 2 is 1.68 bits per heavy atom. The molecule has 31 heavy (non-hydrogen) atoms. The van der Waals surface area contributed by atoms with Gasteiger partial charge in [-0.1, -0.05) is 36.4 Å². The Kier molecular flexibility index (Phi) is 6.32. The number of nitrogens with zero attached hydrogens (tertiary/aromatic N) is 2. The predicted octanol–water partition coefficient (Wildman–Crippen LogP) is 4.70. The minimum atomic E-state index is -0.0681. The molecular formula is C26H27N3O2. The van der Waals surface area contributed by atoms with Crippen molar-refractivity contribution < 1.29 is 9.53 Å². The van der Waals surface area contributed by atoms with Crippen molar-refractivity contribution in [3.63, 3.8) is 0 Å². The van der Waals surface area contributed by atoms with Gasteiger partial charge in [-0.25, -0.2) is 4.98 Å². The van der Waals surface area contributed by atoms with E-state index < -0.39 is 0 Å². The lowest BCUT2D eigenvalue weighted by Gasteiger charge is -2.12. The average molecular weight is 414 g/mol. The number of rotatable bonds is 8. The van der Waals surface area contributed by atoms with E-state index in [2.05, 4.69) is 48.0 Å². The normalized spacial score (nSPS) is 10.9. The maximum atomic E-state index is 12.3. The molecule has 0 radical (unpaired) electrons. The molecule has 0 saturated heterocycles. The van der Waals surface area contributed by atoms with Crippen LogP contribution in [0.5, 0.6) is 5.75 Å². The van der Waals surface area contributed by atoms with Crippen LogP contribution in [-0.4, -0.2) is 28.6 Å². The van der Waals surface area contributed by atoms with Gasteiger partial charge >= 0.3 is 0 Å². The van der Waals surface area contributed by atoms with Crippen molar-refractivity contribution in [2.75, 3.05) is 13.2 Å². The molecule has 4 aromatic rings. The van der Waals surface area contributed by atoms with Gasteiger partial charge < -0.3 is 14.6 Å². The Morgan fingerprint density at radius 3 is 2.45 bits per heavy atom.